The molecule has 0 fully saturated rings. The number of halogens is 1. The summed E-state index contributed by atoms with van der Waals surface area (Å²) in [5.74, 6) is 0. The minimum atomic E-state index is -0.366. The summed E-state index contributed by atoms with van der Waals surface area (Å²) in [5.41, 5.74) is 2.00. The molecule has 1 unspecified atom stereocenters. The predicted octanol–water partition coefficient (Wildman–Crippen LogP) is 4.65. The van der Waals surface area contributed by atoms with Crippen LogP contribution < -0.4 is 0 Å². The van der Waals surface area contributed by atoms with Crippen LogP contribution >= 0.6 is 11.6 Å². The largest absolute Gasteiger partial charge is 0.388 e. The first-order valence-electron chi connectivity index (χ1n) is 6.09. The average molecular weight is 241 g/mol. The summed E-state index contributed by atoms with van der Waals surface area (Å²) >= 11 is 6.03. The fraction of sp³-hybridized carbons (Fsp3) is 0.571. The van der Waals surface area contributed by atoms with Crippen LogP contribution in [0.4, 0.5) is 0 Å². The lowest BCUT2D eigenvalue weighted by atomic mass is 10.0. The summed E-state index contributed by atoms with van der Waals surface area (Å²) < 4.78 is 0. The van der Waals surface area contributed by atoms with Gasteiger partial charge in [0.2, 0.25) is 0 Å². The third kappa shape index (κ3) is 4.15. The van der Waals surface area contributed by atoms with Gasteiger partial charge in [-0.2, -0.15) is 0 Å². The summed E-state index contributed by atoms with van der Waals surface area (Å²) in [6.07, 6.45) is 5.23. The lowest BCUT2D eigenvalue weighted by Gasteiger charge is -2.11. The van der Waals surface area contributed by atoms with Crippen molar-refractivity contribution in [2.45, 2.75) is 52.1 Å². The zero-order chi connectivity index (χ0) is 12.0. The molecule has 1 N–H and O–H groups in total. The molecule has 0 spiro atoms. The Morgan fingerprint density at radius 3 is 2.62 bits per heavy atom. The molecular weight excluding hydrogens is 220 g/mol. The number of unbranched alkanes of at least 4 members (excludes halogenated alkanes) is 3. The lowest BCUT2D eigenvalue weighted by molar-refractivity contribution is 0.163. The monoisotopic (exact) mass is 240 g/mol. The molecule has 0 aliphatic rings. The van der Waals surface area contributed by atoms with Crippen molar-refractivity contribution in [3.05, 3.63) is 34.3 Å². The molecule has 1 aromatic rings. The van der Waals surface area contributed by atoms with Gasteiger partial charge in [-0.05, 0) is 30.5 Å². The molecule has 0 aliphatic heterocycles. The van der Waals surface area contributed by atoms with E-state index < -0.39 is 0 Å². The Hall–Kier alpha value is -0.530. The Morgan fingerprint density at radius 1 is 1.25 bits per heavy atom. The third-order valence-electron chi connectivity index (χ3n) is 2.91. The highest BCUT2D eigenvalue weighted by molar-refractivity contribution is 6.31. The number of benzene rings is 1. The van der Waals surface area contributed by atoms with Gasteiger partial charge in [0, 0.05) is 5.02 Å². The van der Waals surface area contributed by atoms with E-state index in [1.807, 2.05) is 25.1 Å². The van der Waals surface area contributed by atoms with Crippen LogP contribution in [0.3, 0.4) is 0 Å². The normalized spacial score (nSPS) is 12.8. The molecule has 0 saturated heterocycles. The SMILES string of the molecule is CCCCCCC(O)c1ccc(C)c(Cl)c1. The first-order chi connectivity index (χ1) is 7.65. The van der Waals surface area contributed by atoms with Crippen LogP contribution in [-0.4, -0.2) is 5.11 Å². The van der Waals surface area contributed by atoms with Gasteiger partial charge in [0.1, 0.15) is 0 Å². The highest BCUT2D eigenvalue weighted by Gasteiger charge is 2.08. The van der Waals surface area contributed by atoms with Crippen LogP contribution in [0.1, 0.15) is 56.3 Å². The fourth-order valence-corrected chi connectivity index (χ4v) is 1.94. The van der Waals surface area contributed by atoms with Crippen molar-refractivity contribution in [2.75, 3.05) is 0 Å². The molecule has 0 bridgehead atoms. The topological polar surface area (TPSA) is 20.2 Å². The van der Waals surface area contributed by atoms with Crippen molar-refractivity contribution in [3.8, 4) is 0 Å². The summed E-state index contributed by atoms with van der Waals surface area (Å²) in [4.78, 5) is 0. The predicted molar refractivity (Wildman–Crippen MR) is 69.9 cm³/mol. The minimum absolute atomic E-state index is 0.366. The van der Waals surface area contributed by atoms with Crippen molar-refractivity contribution in [3.63, 3.8) is 0 Å². The Morgan fingerprint density at radius 2 is 2.00 bits per heavy atom. The second-order valence-electron chi connectivity index (χ2n) is 4.37. The summed E-state index contributed by atoms with van der Waals surface area (Å²) in [6.45, 7) is 4.16. The summed E-state index contributed by atoms with van der Waals surface area (Å²) in [7, 11) is 0. The summed E-state index contributed by atoms with van der Waals surface area (Å²) in [6, 6.07) is 5.81. The molecule has 1 atom stereocenters. The van der Waals surface area contributed by atoms with Gasteiger partial charge < -0.3 is 5.11 Å². The van der Waals surface area contributed by atoms with Crippen LogP contribution in [0, 0.1) is 6.92 Å². The van der Waals surface area contributed by atoms with E-state index in [1.54, 1.807) is 0 Å². The van der Waals surface area contributed by atoms with Crippen molar-refractivity contribution in [2.24, 2.45) is 0 Å². The molecule has 0 heterocycles. The van der Waals surface area contributed by atoms with Crippen molar-refractivity contribution in [1.29, 1.82) is 0 Å². The Labute approximate surface area is 103 Å². The quantitative estimate of drug-likeness (QED) is 0.718. The van der Waals surface area contributed by atoms with E-state index in [9.17, 15) is 5.11 Å². The molecule has 0 aliphatic carbocycles. The molecule has 0 radical (unpaired) electrons. The van der Waals surface area contributed by atoms with Crippen LogP contribution in [0.25, 0.3) is 0 Å². The number of rotatable bonds is 6. The summed E-state index contributed by atoms with van der Waals surface area (Å²) in [5, 5.41) is 10.7. The number of aliphatic hydroxyl groups is 1. The van der Waals surface area contributed by atoms with Crippen LogP contribution in [0.15, 0.2) is 18.2 Å². The van der Waals surface area contributed by atoms with E-state index in [4.69, 9.17) is 11.6 Å². The second kappa shape index (κ2) is 6.93. The van der Waals surface area contributed by atoms with E-state index in [-0.39, 0.29) is 6.10 Å². The van der Waals surface area contributed by atoms with Gasteiger partial charge in [0.25, 0.3) is 0 Å². The highest BCUT2D eigenvalue weighted by atomic mass is 35.5. The van der Waals surface area contributed by atoms with Gasteiger partial charge in [-0.25, -0.2) is 0 Å². The van der Waals surface area contributed by atoms with E-state index in [0.29, 0.717) is 0 Å². The van der Waals surface area contributed by atoms with Gasteiger partial charge in [-0.3, -0.25) is 0 Å². The van der Waals surface area contributed by atoms with E-state index in [2.05, 4.69) is 6.92 Å². The van der Waals surface area contributed by atoms with Gasteiger partial charge in [0.05, 0.1) is 6.10 Å². The smallest absolute Gasteiger partial charge is 0.0790 e. The molecule has 1 nitrogen and oxygen atoms in total. The maximum Gasteiger partial charge on any atom is 0.0790 e. The lowest BCUT2D eigenvalue weighted by Crippen LogP contribution is -1.97. The first kappa shape index (κ1) is 13.5. The van der Waals surface area contributed by atoms with Gasteiger partial charge in [-0.15, -0.1) is 0 Å². The maximum atomic E-state index is 9.98. The van der Waals surface area contributed by atoms with Crippen molar-refractivity contribution >= 4 is 11.6 Å². The molecule has 2 heteroatoms. The molecule has 1 aromatic carbocycles. The van der Waals surface area contributed by atoms with Gasteiger partial charge in [0.15, 0.2) is 0 Å². The molecule has 0 aromatic heterocycles. The average Bonchev–Trinajstić information content (AvgIpc) is 2.28. The fourth-order valence-electron chi connectivity index (χ4n) is 1.75. The molecule has 1 rings (SSSR count). The van der Waals surface area contributed by atoms with Gasteiger partial charge >= 0.3 is 0 Å². The number of aryl methyl sites for hydroxylation is 1. The minimum Gasteiger partial charge on any atom is -0.388 e. The standard InChI is InChI=1S/C14H21ClO/c1-3-4-5-6-7-14(16)12-9-8-11(2)13(15)10-12/h8-10,14,16H,3-7H2,1-2H3. The van der Waals surface area contributed by atoms with Crippen molar-refractivity contribution < 1.29 is 5.11 Å². The Kier molecular flexibility index (Phi) is 5.86. The van der Waals surface area contributed by atoms with Crippen LogP contribution in [0.2, 0.25) is 5.02 Å². The van der Waals surface area contributed by atoms with E-state index in [1.165, 1.54) is 19.3 Å². The van der Waals surface area contributed by atoms with E-state index >= 15 is 0 Å². The van der Waals surface area contributed by atoms with Crippen molar-refractivity contribution in [1.82, 2.24) is 0 Å². The zero-order valence-corrected chi connectivity index (χ0v) is 10.9. The van der Waals surface area contributed by atoms with E-state index in [0.717, 1.165) is 29.0 Å². The molecule has 16 heavy (non-hydrogen) atoms. The van der Waals surface area contributed by atoms with Crippen LogP contribution in [0.5, 0.6) is 0 Å². The Bertz CT molecular complexity index is 323. The Balaban J connectivity index is 2.46. The number of aliphatic hydroxyl groups excluding tert-OH is 1. The number of hydrogen-bond acceptors (Lipinski definition) is 1. The second-order valence-corrected chi connectivity index (χ2v) is 4.78. The molecule has 0 amide bonds. The zero-order valence-electron chi connectivity index (χ0n) is 10.2. The van der Waals surface area contributed by atoms with Crippen LogP contribution in [-0.2, 0) is 0 Å². The third-order valence-corrected chi connectivity index (χ3v) is 3.32. The first-order valence-corrected chi connectivity index (χ1v) is 6.47. The highest BCUT2D eigenvalue weighted by Crippen LogP contribution is 2.24. The maximum absolute atomic E-state index is 9.98. The molecular formula is C14H21ClO. The van der Waals surface area contributed by atoms with Gasteiger partial charge in [-0.1, -0.05) is 56.3 Å². The molecule has 0 saturated carbocycles. The number of hydrogen-bond donors (Lipinski definition) is 1. The molecule has 90 valence electrons.